The van der Waals surface area contributed by atoms with Crippen molar-refractivity contribution in [3.05, 3.63) is 71.5 Å². The molecule has 2 aliphatic rings. The number of nitrogens with zero attached hydrogens (tertiary/aromatic N) is 4. The average molecular weight is 445 g/mol. The molecule has 1 aromatic heterocycles. The third-order valence-corrected chi connectivity index (χ3v) is 6.41. The van der Waals surface area contributed by atoms with E-state index in [0.717, 1.165) is 55.7 Å². The smallest absolute Gasteiger partial charge is 0.278 e. The molecule has 1 unspecified atom stereocenters. The molecule has 0 bridgehead atoms. The van der Waals surface area contributed by atoms with Crippen LogP contribution in [0.5, 0.6) is 0 Å². The highest BCUT2D eigenvalue weighted by Crippen LogP contribution is 2.42. The Morgan fingerprint density at radius 3 is 2.48 bits per heavy atom. The number of nitrogens with one attached hydrogen (secondary N) is 1. The Hall–Kier alpha value is -3.52. The Kier molecular flexibility index (Phi) is 5.92. The van der Waals surface area contributed by atoms with Crippen LogP contribution in [-0.4, -0.2) is 44.8 Å². The molecular weight excluding hydrogens is 416 g/mol. The minimum absolute atomic E-state index is 0.0673. The number of carbonyl (C=O) groups excluding carboxylic acids is 2. The van der Waals surface area contributed by atoms with E-state index in [1.54, 1.807) is 4.68 Å². The maximum Gasteiger partial charge on any atom is 0.278 e. The topological polar surface area (TPSA) is 106 Å². The van der Waals surface area contributed by atoms with E-state index in [-0.39, 0.29) is 17.7 Å². The van der Waals surface area contributed by atoms with Crippen LogP contribution in [0.1, 0.15) is 53.3 Å². The Balaban J connectivity index is 1.26. The minimum Gasteiger partial charge on any atom is -0.369 e. The Morgan fingerprint density at radius 1 is 1.03 bits per heavy atom. The molecule has 33 heavy (non-hydrogen) atoms. The van der Waals surface area contributed by atoms with Gasteiger partial charge in [0, 0.05) is 24.7 Å². The number of para-hydroxylation sites is 1. The van der Waals surface area contributed by atoms with Crippen LogP contribution in [0.3, 0.4) is 0 Å². The quantitative estimate of drug-likeness (QED) is 0.582. The molecule has 1 aliphatic carbocycles. The first-order valence-corrected chi connectivity index (χ1v) is 11.5. The second kappa shape index (κ2) is 9.15. The monoisotopic (exact) mass is 444 g/mol. The molecule has 1 aliphatic heterocycles. The van der Waals surface area contributed by atoms with Gasteiger partial charge in [0.25, 0.3) is 5.91 Å². The molecule has 8 nitrogen and oxygen atoms in total. The van der Waals surface area contributed by atoms with E-state index in [9.17, 15) is 9.59 Å². The summed E-state index contributed by atoms with van der Waals surface area (Å²) < 4.78 is 1.79. The van der Waals surface area contributed by atoms with Gasteiger partial charge in [0.15, 0.2) is 5.69 Å². The fraction of sp³-hybridized carbons (Fsp3) is 0.360. The fourth-order valence-corrected chi connectivity index (χ4v) is 4.51. The molecule has 3 aromatic rings. The van der Waals surface area contributed by atoms with E-state index in [1.165, 1.54) is 0 Å². The van der Waals surface area contributed by atoms with Gasteiger partial charge in [-0.3, -0.25) is 14.5 Å². The standard InChI is InChI=1S/C25H28N6O2/c26-24(32)19-5-4-14-30(16-19)15-17-8-12-20(13-9-17)27-25(33)22-23(18-10-11-18)31(29-28-22)21-6-2-1-3-7-21/h1-3,6-9,12-13,18-19H,4-5,10-11,14-16H2,(H2,26,32)(H,27,33). The van der Waals surface area contributed by atoms with Crippen LogP contribution >= 0.6 is 0 Å². The Morgan fingerprint density at radius 2 is 1.79 bits per heavy atom. The zero-order valence-electron chi connectivity index (χ0n) is 18.5. The van der Waals surface area contributed by atoms with Crippen molar-refractivity contribution in [3.63, 3.8) is 0 Å². The van der Waals surface area contributed by atoms with Gasteiger partial charge in [-0.1, -0.05) is 35.5 Å². The Bertz CT molecular complexity index is 1140. The number of primary amides is 1. The molecule has 5 rings (SSSR count). The van der Waals surface area contributed by atoms with Crippen molar-refractivity contribution in [2.24, 2.45) is 11.7 Å². The van der Waals surface area contributed by atoms with Crippen LogP contribution in [-0.2, 0) is 11.3 Å². The molecule has 2 aromatic carbocycles. The number of benzene rings is 2. The van der Waals surface area contributed by atoms with Crippen LogP contribution in [0.2, 0.25) is 0 Å². The number of piperidine rings is 1. The van der Waals surface area contributed by atoms with E-state index < -0.39 is 0 Å². The van der Waals surface area contributed by atoms with Gasteiger partial charge >= 0.3 is 0 Å². The van der Waals surface area contributed by atoms with Crippen LogP contribution in [0.15, 0.2) is 54.6 Å². The fourth-order valence-electron chi connectivity index (χ4n) is 4.51. The number of anilines is 1. The summed E-state index contributed by atoms with van der Waals surface area (Å²) in [6.07, 6.45) is 3.94. The van der Waals surface area contributed by atoms with E-state index in [2.05, 4.69) is 20.5 Å². The van der Waals surface area contributed by atoms with Crippen molar-refractivity contribution < 1.29 is 9.59 Å². The molecule has 3 N–H and O–H groups in total. The second-order valence-electron chi connectivity index (χ2n) is 8.97. The number of hydrogen-bond acceptors (Lipinski definition) is 5. The maximum absolute atomic E-state index is 13.0. The number of rotatable bonds is 7. The lowest BCUT2D eigenvalue weighted by Gasteiger charge is -2.31. The molecule has 2 heterocycles. The Labute approximate surface area is 192 Å². The molecule has 1 atom stereocenters. The van der Waals surface area contributed by atoms with Crippen LogP contribution < -0.4 is 11.1 Å². The highest BCUT2D eigenvalue weighted by Gasteiger charge is 2.34. The first-order chi connectivity index (χ1) is 16.1. The SMILES string of the molecule is NC(=O)C1CCCN(Cc2ccc(NC(=O)c3nnn(-c4ccccc4)c3C3CC3)cc2)C1. The third kappa shape index (κ3) is 4.80. The molecule has 8 heteroatoms. The number of carbonyl (C=O) groups is 2. The highest BCUT2D eigenvalue weighted by atomic mass is 16.2. The summed E-state index contributed by atoms with van der Waals surface area (Å²) in [6.45, 7) is 2.42. The van der Waals surface area contributed by atoms with E-state index in [1.807, 2.05) is 54.6 Å². The van der Waals surface area contributed by atoms with Gasteiger partial charge in [0.2, 0.25) is 5.91 Å². The summed E-state index contributed by atoms with van der Waals surface area (Å²) in [4.78, 5) is 26.8. The van der Waals surface area contributed by atoms with Gasteiger partial charge in [0.05, 0.1) is 17.3 Å². The van der Waals surface area contributed by atoms with Gasteiger partial charge in [-0.25, -0.2) is 4.68 Å². The van der Waals surface area contributed by atoms with Crippen LogP contribution in [0.25, 0.3) is 5.69 Å². The number of aromatic nitrogens is 3. The lowest BCUT2D eigenvalue weighted by molar-refractivity contribution is -0.123. The first kappa shape index (κ1) is 21.3. The van der Waals surface area contributed by atoms with Gasteiger partial charge in [-0.15, -0.1) is 5.10 Å². The molecule has 2 amide bonds. The highest BCUT2D eigenvalue weighted by molar-refractivity contribution is 6.03. The van der Waals surface area contributed by atoms with Crippen molar-refractivity contribution in [1.29, 1.82) is 0 Å². The van der Waals surface area contributed by atoms with Gasteiger partial charge in [-0.2, -0.15) is 0 Å². The van der Waals surface area contributed by atoms with E-state index in [4.69, 9.17) is 5.73 Å². The van der Waals surface area contributed by atoms with Crippen molar-refractivity contribution in [2.45, 2.75) is 38.1 Å². The summed E-state index contributed by atoms with van der Waals surface area (Å²) in [6, 6.07) is 17.6. The van der Waals surface area contributed by atoms with Gasteiger partial charge in [0.1, 0.15) is 0 Å². The maximum atomic E-state index is 13.0. The molecule has 170 valence electrons. The van der Waals surface area contributed by atoms with Crippen molar-refractivity contribution >= 4 is 17.5 Å². The van der Waals surface area contributed by atoms with Crippen LogP contribution in [0, 0.1) is 5.92 Å². The summed E-state index contributed by atoms with van der Waals surface area (Å²) >= 11 is 0. The summed E-state index contributed by atoms with van der Waals surface area (Å²) in [5, 5.41) is 11.5. The van der Waals surface area contributed by atoms with Crippen molar-refractivity contribution in [1.82, 2.24) is 19.9 Å². The summed E-state index contributed by atoms with van der Waals surface area (Å²) in [5.74, 6) is -0.209. The molecule has 2 fully saturated rings. The number of hydrogen-bond donors (Lipinski definition) is 2. The average Bonchev–Trinajstić information content (AvgIpc) is 3.58. The van der Waals surface area contributed by atoms with Crippen molar-refractivity contribution in [2.75, 3.05) is 18.4 Å². The third-order valence-electron chi connectivity index (χ3n) is 6.41. The second-order valence-corrected chi connectivity index (χ2v) is 8.97. The van der Waals surface area contributed by atoms with Gasteiger partial charge in [-0.05, 0) is 62.1 Å². The molecule has 1 saturated heterocycles. The first-order valence-electron chi connectivity index (χ1n) is 11.5. The normalized spacial score (nSPS) is 18.7. The lowest BCUT2D eigenvalue weighted by Crippen LogP contribution is -2.40. The van der Waals surface area contributed by atoms with E-state index in [0.29, 0.717) is 23.8 Å². The zero-order chi connectivity index (χ0) is 22.8. The zero-order valence-corrected chi connectivity index (χ0v) is 18.5. The predicted octanol–water partition coefficient (Wildman–Crippen LogP) is 3.09. The summed E-state index contributed by atoms with van der Waals surface area (Å²) in [7, 11) is 0. The molecule has 0 spiro atoms. The van der Waals surface area contributed by atoms with Gasteiger partial charge < -0.3 is 11.1 Å². The largest absolute Gasteiger partial charge is 0.369 e. The molecule has 1 saturated carbocycles. The predicted molar refractivity (Wildman–Crippen MR) is 125 cm³/mol. The molecular formula is C25H28N6O2. The number of amides is 2. The molecule has 0 radical (unpaired) electrons. The van der Waals surface area contributed by atoms with Crippen molar-refractivity contribution in [3.8, 4) is 5.69 Å². The number of nitrogens with two attached hydrogens (primary N) is 1. The van der Waals surface area contributed by atoms with E-state index >= 15 is 0 Å². The lowest BCUT2D eigenvalue weighted by atomic mass is 9.97. The number of likely N-dealkylation sites (tertiary alicyclic amines) is 1. The minimum atomic E-state index is -0.243. The summed E-state index contributed by atoms with van der Waals surface area (Å²) in [5.41, 5.74) is 9.51. The van der Waals surface area contributed by atoms with Crippen LogP contribution in [0.4, 0.5) is 5.69 Å².